The van der Waals surface area contributed by atoms with Crippen LogP contribution in [-0.2, 0) is 4.79 Å². The van der Waals surface area contributed by atoms with E-state index in [-0.39, 0.29) is 50.0 Å². The molecule has 0 spiro atoms. The van der Waals surface area contributed by atoms with Gasteiger partial charge in [0.2, 0.25) is 11.8 Å². The molecule has 0 saturated heterocycles. The van der Waals surface area contributed by atoms with E-state index in [1.165, 1.54) is 4.90 Å². The lowest BCUT2D eigenvalue weighted by Gasteiger charge is -2.32. The van der Waals surface area contributed by atoms with Gasteiger partial charge in [-0.05, 0) is 19.8 Å². The molecule has 0 aromatic carbocycles. The molecule has 1 saturated carbocycles. The minimum Gasteiger partial charge on any atom is -0.342 e. The average molecular weight is 244 g/mol. The molecule has 1 atom stereocenters. The minimum atomic E-state index is -2.60. The summed E-state index contributed by atoms with van der Waals surface area (Å²) in [6, 6.07) is 1.85. The molecule has 1 aliphatic carbocycles. The zero-order chi connectivity index (χ0) is 13.1. The van der Waals surface area contributed by atoms with E-state index >= 15 is 0 Å². The van der Waals surface area contributed by atoms with Gasteiger partial charge in [-0.1, -0.05) is 0 Å². The standard InChI is InChI=1S/C12H18F2N2O/c1-9(5-8-15)16(2)11(17)10-3-6-12(13,14)7-4-10/h9-10H,3-7H2,1-2H3. The summed E-state index contributed by atoms with van der Waals surface area (Å²) in [6.45, 7) is 1.79. The van der Waals surface area contributed by atoms with E-state index in [9.17, 15) is 13.6 Å². The summed E-state index contributed by atoms with van der Waals surface area (Å²) >= 11 is 0. The van der Waals surface area contributed by atoms with Crippen molar-refractivity contribution in [1.29, 1.82) is 5.26 Å². The number of nitrogens with zero attached hydrogens (tertiary/aromatic N) is 2. The molecule has 0 heterocycles. The van der Waals surface area contributed by atoms with Gasteiger partial charge in [0.15, 0.2) is 0 Å². The zero-order valence-corrected chi connectivity index (χ0v) is 10.2. The number of hydrogen-bond acceptors (Lipinski definition) is 2. The molecular weight excluding hydrogens is 226 g/mol. The van der Waals surface area contributed by atoms with Crippen molar-refractivity contribution in [3.8, 4) is 6.07 Å². The lowest BCUT2D eigenvalue weighted by Crippen LogP contribution is -2.41. The Morgan fingerprint density at radius 3 is 2.53 bits per heavy atom. The second kappa shape index (κ2) is 5.44. The van der Waals surface area contributed by atoms with E-state index in [1.807, 2.05) is 6.07 Å². The van der Waals surface area contributed by atoms with Gasteiger partial charge in [0.05, 0.1) is 12.5 Å². The molecule has 0 aliphatic heterocycles. The van der Waals surface area contributed by atoms with Gasteiger partial charge in [-0.25, -0.2) is 8.78 Å². The van der Waals surface area contributed by atoms with Gasteiger partial charge < -0.3 is 4.90 Å². The minimum absolute atomic E-state index is 0.108. The molecule has 96 valence electrons. The van der Waals surface area contributed by atoms with E-state index in [0.29, 0.717) is 0 Å². The van der Waals surface area contributed by atoms with Gasteiger partial charge >= 0.3 is 0 Å². The maximum absolute atomic E-state index is 13.0. The molecule has 0 aromatic heterocycles. The molecule has 0 aromatic rings. The molecule has 17 heavy (non-hydrogen) atoms. The predicted octanol–water partition coefficient (Wildman–Crippen LogP) is 2.57. The monoisotopic (exact) mass is 244 g/mol. The number of halogens is 2. The summed E-state index contributed by atoms with van der Waals surface area (Å²) in [6.07, 6.45) is 0.351. The normalized spacial score (nSPS) is 21.6. The van der Waals surface area contributed by atoms with Crippen molar-refractivity contribution in [2.75, 3.05) is 7.05 Å². The quantitative estimate of drug-likeness (QED) is 0.765. The highest BCUT2D eigenvalue weighted by Crippen LogP contribution is 2.36. The molecule has 1 amide bonds. The van der Waals surface area contributed by atoms with Crippen molar-refractivity contribution in [2.45, 2.75) is 51.0 Å². The molecule has 0 N–H and O–H groups in total. The Morgan fingerprint density at radius 1 is 1.53 bits per heavy atom. The predicted molar refractivity (Wildman–Crippen MR) is 59.4 cm³/mol. The maximum atomic E-state index is 13.0. The first kappa shape index (κ1) is 13.9. The first-order valence-electron chi connectivity index (χ1n) is 5.89. The number of amides is 1. The van der Waals surface area contributed by atoms with Crippen LogP contribution in [-0.4, -0.2) is 29.8 Å². The third-order valence-corrected chi connectivity index (χ3v) is 3.46. The molecule has 0 radical (unpaired) electrons. The highest BCUT2D eigenvalue weighted by atomic mass is 19.3. The van der Waals surface area contributed by atoms with Crippen LogP contribution in [0.3, 0.4) is 0 Å². The fourth-order valence-corrected chi connectivity index (χ4v) is 2.06. The van der Waals surface area contributed by atoms with E-state index in [1.54, 1.807) is 14.0 Å². The van der Waals surface area contributed by atoms with Crippen LogP contribution in [0.5, 0.6) is 0 Å². The first-order chi connectivity index (χ1) is 7.87. The van der Waals surface area contributed by atoms with Crippen molar-refractivity contribution < 1.29 is 13.6 Å². The molecule has 0 bridgehead atoms. The van der Waals surface area contributed by atoms with Crippen LogP contribution in [0.2, 0.25) is 0 Å². The smallest absolute Gasteiger partial charge is 0.248 e. The molecular formula is C12H18F2N2O. The fraction of sp³-hybridized carbons (Fsp3) is 0.833. The van der Waals surface area contributed by atoms with E-state index in [4.69, 9.17) is 5.26 Å². The zero-order valence-electron chi connectivity index (χ0n) is 10.2. The van der Waals surface area contributed by atoms with E-state index < -0.39 is 5.92 Å². The second-order valence-electron chi connectivity index (χ2n) is 4.79. The van der Waals surface area contributed by atoms with Crippen LogP contribution >= 0.6 is 0 Å². The van der Waals surface area contributed by atoms with Crippen molar-refractivity contribution in [3.63, 3.8) is 0 Å². The highest BCUT2D eigenvalue weighted by molar-refractivity contribution is 5.79. The average Bonchev–Trinajstić information content (AvgIpc) is 2.27. The molecule has 3 nitrogen and oxygen atoms in total. The first-order valence-corrected chi connectivity index (χ1v) is 5.89. The highest BCUT2D eigenvalue weighted by Gasteiger charge is 2.38. The fourth-order valence-electron chi connectivity index (χ4n) is 2.06. The van der Waals surface area contributed by atoms with E-state index in [2.05, 4.69) is 0 Å². The third-order valence-electron chi connectivity index (χ3n) is 3.46. The summed E-state index contributed by atoms with van der Waals surface area (Å²) in [4.78, 5) is 13.5. The Labute approximate surface area is 100 Å². The van der Waals surface area contributed by atoms with Crippen LogP contribution in [0, 0.1) is 17.2 Å². The number of carbonyl (C=O) groups excluding carboxylic acids is 1. The number of carbonyl (C=O) groups is 1. The number of alkyl halides is 2. The summed E-state index contributed by atoms with van der Waals surface area (Å²) < 4.78 is 25.9. The van der Waals surface area contributed by atoms with Crippen molar-refractivity contribution in [2.24, 2.45) is 5.92 Å². The topological polar surface area (TPSA) is 44.1 Å². The van der Waals surface area contributed by atoms with Gasteiger partial charge in [-0.15, -0.1) is 0 Å². The Hall–Kier alpha value is -1.18. The van der Waals surface area contributed by atoms with Crippen LogP contribution in [0.4, 0.5) is 8.78 Å². The molecule has 1 rings (SSSR count). The molecule has 1 fully saturated rings. The maximum Gasteiger partial charge on any atom is 0.248 e. The molecule has 5 heteroatoms. The number of hydrogen-bond donors (Lipinski definition) is 0. The SMILES string of the molecule is CC(CC#N)N(C)C(=O)C1CCC(F)(F)CC1. The lowest BCUT2D eigenvalue weighted by molar-refractivity contribution is -0.140. The largest absolute Gasteiger partial charge is 0.342 e. The Balaban J connectivity index is 2.52. The van der Waals surface area contributed by atoms with Gasteiger partial charge in [0.25, 0.3) is 0 Å². The number of nitriles is 1. The van der Waals surface area contributed by atoms with Crippen LogP contribution < -0.4 is 0 Å². The van der Waals surface area contributed by atoms with E-state index in [0.717, 1.165) is 0 Å². The molecule has 1 unspecified atom stereocenters. The van der Waals surface area contributed by atoms with Crippen LogP contribution in [0.1, 0.15) is 39.0 Å². The third kappa shape index (κ3) is 3.65. The van der Waals surface area contributed by atoms with Gasteiger partial charge in [-0.2, -0.15) is 5.26 Å². The van der Waals surface area contributed by atoms with Gasteiger partial charge in [0, 0.05) is 31.8 Å². The van der Waals surface area contributed by atoms with Gasteiger partial charge in [-0.3, -0.25) is 4.79 Å². The summed E-state index contributed by atoms with van der Waals surface area (Å²) in [5.74, 6) is -3.02. The van der Waals surface area contributed by atoms with Crippen molar-refractivity contribution >= 4 is 5.91 Å². The summed E-state index contributed by atoms with van der Waals surface area (Å²) in [7, 11) is 1.64. The van der Waals surface area contributed by atoms with Crippen LogP contribution in [0.25, 0.3) is 0 Å². The van der Waals surface area contributed by atoms with Crippen molar-refractivity contribution in [1.82, 2.24) is 4.90 Å². The summed E-state index contributed by atoms with van der Waals surface area (Å²) in [5.41, 5.74) is 0. The lowest BCUT2D eigenvalue weighted by atomic mass is 9.85. The second-order valence-corrected chi connectivity index (χ2v) is 4.79. The van der Waals surface area contributed by atoms with Gasteiger partial charge in [0.1, 0.15) is 0 Å². The Morgan fingerprint density at radius 2 is 2.06 bits per heavy atom. The Kier molecular flexibility index (Phi) is 4.44. The molecule has 1 aliphatic rings. The summed E-state index contributed by atoms with van der Waals surface area (Å²) in [5, 5.41) is 8.56. The van der Waals surface area contributed by atoms with Crippen LogP contribution in [0.15, 0.2) is 0 Å². The Bertz CT molecular complexity index is 315. The van der Waals surface area contributed by atoms with Crippen molar-refractivity contribution in [3.05, 3.63) is 0 Å². The number of rotatable bonds is 3.